The van der Waals surface area contributed by atoms with Gasteiger partial charge in [0.1, 0.15) is 12.7 Å². The first-order valence-corrected chi connectivity index (χ1v) is 9.40. The fourth-order valence-corrected chi connectivity index (χ4v) is 2.90. The molecule has 0 fully saturated rings. The van der Waals surface area contributed by atoms with E-state index < -0.39 is 12.1 Å². The summed E-state index contributed by atoms with van der Waals surface area (Å²) in [5.74, 6) is -0.544. The fourth-order valence-electron chi connectivity index (χ4n) is 2.73. The first-order valence-electron chi connectivity index (χ1n) is 9.02. The Hall–Kier alpha value is -2.93. The normalized spacial score (nSPS) is 11.8. The molecule has 29 heavy (non-hydrogen) atoms. The number of fused-ring (bicyclic) bond motifs is 1. The second-order valence-electron chi connectivity index (χ2n) is 6.27. The SMILES string of the molecule is C=CCOCC(O)COC(=O)c1ccccc1Nc1ccnc2cc(Cl)ccc12. The van der Waals surface area contributed by atoms with Crippen LogP contribution in [-0.2, 0) is 9.47 Å². The summed E-state index contributed by atoms with van der Waals surface area (Å²) in [5.41, 5.74) is 2.46. The number of para-hydroxylation sites is 1. The standard InChI is InChI=1S/C22H21ClN2O4/c1-2-11-28-13-16(26)14-29-22(27)18-5-3-4-6-19(18)25-20-9-10-24-21-12-15(23)7-8-17(20)21/h2-10,12,16,26H,1,11,13-14H2,(H,24,25). The summed E-state index contributed by atoms with van der Waals surface area (Å²) in [6.07, 6.45) is 2.34. The molecular weight excluding hydrogens is 392 g/mol. The molecule has 0 saturated carbocycles. The highest BCUT2D eigenvalue weighted by Crippen LogP contribution is 2.28. The highest BCUT2D eigenvalue weighted by molar-refractivity contribution is 6.31. The molecule has 0 saturated heterocycles. The molecule has 6 nitrogen and oxygen atoms in total. The topological polar surface area (TPSA) is 80.7 Å². The molecule has 1 aromatic heterocycles. The molecule has 1 heterocycles. The number of halogens is 1. The molecule has 2 aromatic carbocycles. The van der Waals surface area contributed by atoms with Crippen molar-refractivity contribution < 1.29 is 19.4 Å². The monoisotopic (exact) mass is 412 g/mol. The van der Waals surface area contributed by atoms with Gasteiger partial charge in [-0.25, -0.2) is 4.79 Å². The Morgan fingerprint density at radius 1 is 1.21 bits per heavy atom. The lowest BCUT2D eigenvalue weighted by atomic mass is 10.1. The lowest BCUT2D eigenvalue weighted by Crippen LogP contribution is -2.24. The van der Waals surface area contributed by atoms with Gasteiger partial charge < -0.3 is 19.9 Å². The first-order chi connectivity index (χ1) is 14.1. The molecule has 150 valence electrons. The Bertz CT molecular complexity index is 1010. The van der Waals surface area contributed by atoms with Crippen molar-refractivity contribution in [1.29, 1.82) is 0 Å². The zero-order chi connectivity index (χ0) is 20.6. The van der Waals surface area contributed by atoms with Gasteiger partial charge in [0.2, 0.25) is 0 Å². The number of nitrogens with zero attached hydrogens (tertiary/aromatic N) is 1. The third kappa shape index (κ3) is 5.54. The number of carbonyl (C=O) groups is 1. The van der Waals surface area contributed by atoms with Crippen LogP contribution in [0.1, 0.15) is 10.4 Å². The Labute approximate surface area is 173 Å². The molecule has 1 atom stereocenters. The molecule has 3 rings (SSSR count). The fraction of sp³-hybridized carbons (Fsp3) is 0.182. The lowest BCUT2D eigenvalue weighted by Gasteiger charge is -2.15. The van der Waals surface area contributed by atoms with Gasteiger partial charge in [-0.15, -0.1) is 6.58 Å². The molecule has 0 bridgehead atoms. The van der Waals surface area contributed by atoms with E-state index in [0.717, 1.165) is 16.6 Å². The molecule has 0 radical (unpaired) electrons. The Balaban J connectivity index is 1.74. The Morgan fingerprint density at radius 3 is 2.86 bits per heavy atom. The second kappa shape index (κ2) is 10.0. The van der Waals surface area contributed by atoms with Gasteiger partial charge in [0.15, 0.2) is 0 Å². The van der Waals surface area contributed by atoms with E-state index in [-0.39, 0.29) is 13.2 Å². The van der Waals surface area contributed by atoms with Crippen molar-refractivity contribution in [3.05, 3.63) is 78.0 Å². The predicted octanol–water partition coefficient (Wildman–Crippen LogP) is 4.35. The van der Waals surface area contributed by atoms with Gasteiger partial charge in [0.25, 0.3) is 0 Å². The predicted molar refractivity (Wildman–Crippen MR) is 114 cm³/mol. The second-order valence-corrected chi connectivity index (χ2v) is 6.71. The summed E-state index contributed by atoms with van der Waals surface area (Å²) in [5, 5.41) is 14.6. The van der Waals surface area contributed by atoms with Crippen molar-refractivity contribution in [2.75, 3.05) is 25.1 Å². The maximum atomic E-state index is 12.5. The largest absolute Gasteiger partial charge is 0.459 e. The van der Waals surface area contributed by atoms with E-state index in [4.69, 9.17) is 21.1 Å². The number of aliphatic hydroxyl groups is 1. The van der Waals surface area contributed by atoms with Crippen molar-refractivity contribution in [2.45, 2.75) is 6.10 Å². The van der Waals surface area contributed by atoms with E-state index in [1.165, 1.54) is 0 Å². The van der Waals surface area contributed by atoms with Crippen LogP contribution >= 0.6 is 11.6 Å². The molecular formula is C22H21ClN2O4. The third-order valence-electron chi connectivity index (χ3n) is 4.07. The molecule has 3 aromatic rings. The number of aromatic nitrogens is 1. The number of rotatable bonds is 9. The minimum absolute atomic E-state index is 0.0603. The number of carbonyl (C=O) groups excluding carboxylic acids is 1. The van der Waals surface area contributed by atoms with E-state index in [2.05, 4.69) is 16.9 Å². The van der Waals surface area contributed by atoms with Crippen LogP contribution in [-0.4, -0.2) is 42.0 Å². The minimum Gasteiger partial charge on any atom is -0.459 e. The van der Waals surface area contributed by atoms with E-state index >= 15 is 0 Å². The number of aliphatic hydroxyl groups excluding tert-OH is 1. The minimum atomic E-state index is -0.909. The van der Waals surface area contributed by atoms with Crippen LogP contribution in [0.2, 0.25) is 5.02 Å². The summed E-state index contributed by atoms with van der Waals surface area (Å²) in [7, 11) is 0. The molecule has 2 N–H and O–H groups in total. The molecule has 0 spiro atoms. The molecule has 0 aliphatic heterocycles. The smallest absolute Gasteiger partial charge is 0.340 e. The summed E-state index contributed by atoms with van der Waals surface area (Å²) in [6.45, 7) is 3.75. The van der Waals surface area contributed by atoms with E-state index in [0.29, 0.717) is 22.9 Å². The van der Waals surface area contributed by atoms with Gasteiger partial charge in [-0.1, -0.05) is 29.8 Å². The highest BCUT2D eigenvalue weighted by atomic mass is 35.5. The van der Waals surface area contributed by atoms with Crippen LogP contribution in [0, 0.1) is 0 Å². The van der Waals surface area contributed by atoms with Gasteiger partial charge in [-0.2, -0.15) is 0 Å². The van der Waals surface area contributed by atoms with Crippen LogP contribution < -0.4 is 5.32 Å². The van der Waals surface area contributed by atoms with Gasteiger partial charge >= 0.3 is 5.97 Å². The maximum absolute atomic E-state index is 12.5. The van der Waals surface area contributed by atoms with Crippen molar-refractivity contribution in [1.82, 2.24) is 4.98 Å². The van der Waals surface area contributed by atoms with Crippen LogP contribution in [0.5, 0.6) is 0 Å². The summed E-state index contributed by atoms with van der Waals surface area (Å²) < 4.78 is 10.4. The quantitative estimate of drug-likeness (QED) is 0.309. The van der Waals surface area contributed by atoms with E-state index in [9.17, 15) is 9.90 Å². The summed E-state index contributed by atoms with van der Waals surface area (Å²) in [6, 6.07) is 14.2. The maximum Gasteiger partial charge on any atom is 0.340 e. The molecule has 1 unspecified atom stereocenters. The number of hydrogen-bond acceptors (Lipinski definition) is 6. The molecule has 7 heteroatoms. The van der Waals surface area contributed by atoms with Crippen LogP contribution in [0.15, 0.2) is 67.4 Å². The number of pyridine rings is 1. The highest BCUT2D eigenvalue weighted by Gasteiger charge is 2.15. The zero-order valence-corrected chi connectivity index (χ0v) is 16.4. The van der Waals surface area contributed by atoms with Crippen molar-refractivity contribution in [3.8, 4) is 0 Å². The van der Waals surface area contributed by atoms with Gasteiger partial charge in [-0.3, -0.25) is 4.98 Å². The van der Waals surface area contributed by atoms with Gasteiger partial charge in [0, 0.05) is 22.3 Å². The van der Waals surface area contributed by atoms with Gasteiger partial charge in [0.05, 0.1) is 30.0 Å². The van der Waals surface area contributed by atoms with Crippen LogP contribution in [0.3, 0.4) is 0 Å². The Kier molecular flexibility index (Phi) is 7.19. The van der Waals surface area contributed by atoms with Crippen molar-refractivity contribution >= 4 is 39.8 Å². The average molecular weight is 413 g/mol. The Morgan fingerprint density at radius 2 is 2.03 bits per heavy atom. The van der Waals surface area contributed by atoms with E-state index in [1.54, 1.807) is 42.6 Å². The van der Waals surface area contributed by atoms with Crippen LogP contribution in [0.4, 0.5) is 11.4 Å². The molecule has 0 amide bonds. The lowest BCUT2D eigenvalue weighted by molar-refractivity contribution is -0.00554. The number of ether oxygens (including phenoxy) is 2. The average Bonchev–Trinajstić information content (AvgIpc) is 2.72. The first kappa shape index (κ1) is 20.8. The molecule has 0 aliphatic rings. The number of hydrogen-bond donors (Lipinski definition) is 2. The number of benzene rings is 2. The third-order valence-corrected chi connectivity index (χ3v) is 4.31. The summed E-state index contributed by atoms with van der Waals surface area (Å²) >= 11 is 6.04. The number of nitrogens with one attached hydrogen (secondary N) is 1. The van der Waals surface area contributed by atoms with Gasteiger partial charge in [-0.05, 0) is 36.4 Å². The van der Waals surface area contributed by atoms with Crippen LogP contribution in [0.25, 0.3) is 10.9 Å². The summed E-state index contributed by atoms with van der Waals surface area (Å²) in [4.78, 5) is 16.9. The number of esters is 1. The van der Waals surface area contributed by atoms with Crippen molar-refractivity contribution in [2.24, 2.45) is 0 Å². The number of anilines is 2. The van der Waals surface area contributed by atoms with Crippen molar-refractivity contribution in [3.63, 3.8) is 0 Å². The zero-order valence-electron chi connectivity index (χ0n) is 15.7. The van der Waals surface area contributed by atoms with E-state index in [1.807, 2.05) is 18.2 Å². The molecule has 0 aliphatic carbocycles.